The zero-order chi connectivity index (χ0) is 19.9. The van der Waals surface area contributed by atoms with Gasteiger partial charge in [0.2, 0.25) is 0 Å². The van der Waals surface area contributed by atoms with E-state index in [9.17, 15) is 4.79 Å². The molecule has 0 saturated heterocycles. The number of hydrogen-bond acceptors (Lipinski definition) is 3. The highest BCUT2D eigenvalue weighted by Gasteiger charge is 2.12. The Morgan fingerprint density at radius 1 is 1.00 bits per heavy atom. The second-order valence-electron chi connectivity index (χ2n) is 6.75. The van der Waals surface area contributed by atoms with E-state index in [2.05, 4.69) is 49.1 Å². The van der Waals surface area contributed by atoms with Crippen molar-refractivity contribution in [1.29, 1.82) is 0 Å². The standard InChI is InChI=1S/C24H25NO3/c1-3-25(22-13-11-20(12-14-22)24(26)27)16-21-10-9-18(2)15-23(21)28-17-19-7-5-4-6-8-19/h4-15H,3,16-17H2,1-2H3,(H,26,27). The van der Waals surface area contributed by atoms with E-state index in [1.165, 1.54) is 0 Å². The first kappa shape index (κ1) is 19.5. The van der Waals surface area contributed by atoms with Crippen LogP contribution >= 0.6 is 0 Å². The van der Waals surface area contributed by atoms with E-state index < -0.39 is 5.97 Å². The van der Waals surface area contributed by atoms with Crippen molar-refractivity contribution in [2.24, 2.45) is 0 Å². The molecule has 0 heterocycles. The molecule has 0 fully saturated rings. The first-order valence-electron chi connectivity index (χ1n) is 9.41. The molecule has 144 valence electrons. The van der Waals surface area contributed by atoms with Crippen LogP contribution in [0.3, 0.4) is 0 Å². The normalized spacial score (nSPS) is 10.5. The van der Waals surface area contributed by atoms with E-state index in [1.807, 2.05) is 30.3 Å². The quantitative estimate of drug-likeness (QED) is 0.580. The summed E-state index contributed by atoms with van der Waals surface area (Å²) in [6.45, 7) is 6.16. The van der Waals surface area contributed by atoms with Gasteiger partial charge >= 0.3 is 5.97 Å². The third kappa shape index (κ3) is 4.92. The number of aryl methyl sites for hydroxylation is 1. The highest BCUT2D eigenvalue weighted by atomic mass is 16.5. The smallest absolute Gasteiger partial charge is 0.335 e. The van der Waals surface area contributed by atoms with Gasteiger partial charge in [-0.15, -0.1) is 0 Å². The lowest BCUT2D eigenvalue weighted by Crippen LogP contribution is -2.22. The number of carboxylic acid groups (broad SMARTS) is 1. The minimum atomic E-state index is -0.912. The monoisotopic (exact) mass is 375 g/mol. The fourth-order valence-electron chi connectivity index (χ4n) is 3.07. The van der Waals surface area contributed by atoms with Crippen molar-refractivity contribution in [2.75, 3.05) is 11.4 Å². The SMILES string of the molecule is CCN(Cc1ccc(C)cc1OCc1ccccc1)c1ccc(C(=O)O)cc1. The highest BCUT2D eigenvalue weighted by molar-refractivity contribution is 5.88. The van der Waals surface area contributed by atoms with Crippen molar-refractivity contribution in [2.45, 2.75) is 27.0 Å². The number of nitrogens with zero attached hydrogens (tertiary/aromatic N) is 1. The maximum absolute atomic E-state index is 11.1. The molecule has 3 rings (SSSR count). The van der Waals surface area contributed by atoms with E-state index in [0.29, 0.717) is 18.7 Å². The van der Waals surface area contributed by atoms with Crippen LogP contribution in [0.5, 0.6) is 5.75 Å². The van der Waals surface area contributed by atoms with Crippen LogP contribution in [0.15, 0.2) is 72.8 Å². The van der Waals surface area contributed by atoms with Gasteiger partial charge in [0.15, 0.2) is 0 Å². The molecule has 0 aliphatic heterocycles. The van der Waals surface area contributed by atoms with Crippen LogP contribution < -0.4 is 9.64 Å². The summed E-state index contributed by atoms with van der Waals surface area (Å²) in [4.78, 5) is 13.3. The number of carbonyl (C=O) groups is 1. The van der Waals surface area contributed by atoms with Crippen molar-refractivity contribution >= 4 is 11.7 Å². The van der Waals surface area contributed by atoms with Gasteiger partial charge in [0.25, 0.3) is 0 Å². The molecule has 1 N–H and O–H groups in total. The second kappa shape index (κ2) is 9.09. The summed E-state index contributed by atoms with van der Waals surface area (Å²) in [6, 6.07) is 23.4. The Kier molecular flexibility index (Phi) is 6.33. The number of hydrogen-bond donors (Lipinski definition) is 1. The molecule has 0 aliphatic carbocycles. The number of aromatic carboxylic acids is 1. The first-order valence-corrected chi connectivity index (χ1v) is 9.41. The fourth-order valence-corrected chi connectivity index (χ4v) is 3.07. The number of ether oxygens (including phenoxy) is 1. The van der Waals surface area contributed by atoms with Crippen molar-refractivity contribution in [3.63, 3.8) is 0 Å². The van der Waals surface area contributed by atoms with Gasteiger partial charge in [-0.2, -0.15) is 0 Å². The Morgan fingerprint density at radius 3 is 2.36 bits per heavy atom. The molecule has 0 amide bonds. The van der Waals surface area contributed by atoms with E-state index in [1.54, 1.807) is 12.1 Å². The number of anilines is 1. The largest absolute Gasteiger partial charge is 0.489 e. The second-order valence-corrected chi connectivity index (χ2v) is 6.75. The summed E-state index contributed by atoms with van der Waals surface area (Å²) < 4.78 is 6.13. The molecule has 0 radical (unpaired) electrons. The Labute approximate surface area is 166 Å². The molecular weight excluding hydrogens is 350 g/mol. The summed E-state index contributed by atoms with van der Waals surface area (Å²) in [7, 11) is 0. The third-order valence-electron chi connectivity index (χ3n) is 4.68. The van der Waals surface area contributed by atoms with Crippen LogP contribution in [0, 0.1) is 6.92 Å². The predicted molar refractivity (Wildman–Crippen MR) is 112 cm³/mol. The lowest BCUT2D eigenvalue weighted by atomic mass is 10.1. The number of rotatable bonds is 8. The Morgan fingerprint density at radius 2 is 1.71 bits per heavy atom. The van der Waals surface area contributed by atoms with Crippen LogP contribution in [-0.4, -0.2) is 17.6 Å². The predicted octanol–water partition coefficient (Wildman–Crippen LogP) is 5.30. The maximum Gasteiger partial charge on any atom is 0.335 e. The number of benzene rings is 3. The molecule has 0 saturated carbocycles. The summed E-state index contributed by atoms with van der Waals surface area (Å²) in [6.07, 6.45) is 0. The van der Waals surface area contributed by atoms with Gasteiger partial charge in [0.05, 0.1) is 5.56 Å². The van der Waals surface area contributed by atoms with Crippen molar-refractivity contribution in [3.8, 4) is 5.75 Å². The van der Waals surface area contributed by atoms with Gasteiger partial charge in [-0.05, 0) is 55.3 Å². The molecule has 0 atom stereocenters. The van der Waals surface area contributed by atoms with Crippen LogP contribution in [0.1, 0.15) is 34.0 Å². The molecule has 28 heavy (non-hydrogen) atoms. The summed E-state index contributed by atoms with van der Waals surface area (Å²) in [5.74, 6) is -0.0332. The topological polar surface area (TPSA) is 49.8 Å². The van der Waals surface area contributed by atoms with Crippen LogP contribution in [0.2, 0.25) is 0 Å². The Balaban J connectivity index is 1.78. The van der Waals surface area contributed by atoms with Crippen molar-refractivity contribution < 1.29 is 14.6 Å². The summed E-state index contributed by atoms with van der Waals surface area (Å²) >= 11 is 0. The third-order valence-corrected chi connectivity index (χ3v) is 4.68. The molecule has 0 spiro atoms. The molecule has 0 aromatic heterocycles. The number of carboxylic acids is 1. The minimum absolute atomic E-state index is 0.294. The van der Waals surface area contributed by atoms with E-state index in [4.69, 9.17) is 9.84 Å². The van der Waals surface area contributed by atoms with Gasteiger partial charge in [-0.1, -0.05) is 42.5 Å². The molecule has 4 nitrogen and oxygen atoms in total. The lowest BCUT2D eigenvalue weighted by Gasteiger charge is -2.25. The molecule has 0 aliphatic rings. The van der Waals surface area contributed by atoms with Crippen molar-refractivity contribution in [3.05, 3.63) is 95.1 Å². The first-order chi connectivity index (χ1) is 13.6. The van der Waals surface area contributed by atoms with Gasteiger partial charge in [-0.3, -0.25) is 0 Å². The Bertz CT molecular complexity index is 920. The molecule has 0 unspecified atom stereocenters. The highest BCUT2D eigenvalue weighted by Crippen LogP contribution is 2.26. The minimum Gasteiger partial charge on any atom is -0.489 e. The van der Waals surface area contributed by atoms with E-state index in [-0.39, 0.29) is 0 Å². The zero-order valence-corrected chi connectivity index (χ0v) is 16.3. The van der Waals surface area contributed by atoms with Crippen LogP contribution in [0.4, 0.5) is 5.69 Å². The average Bonchev–Trinajstić information content (AvgIpc) is 2.72. The maximum atomic E-state index is 11.1. The van der Waals surface area contributed by atoms with E-state index in [0.717, 1.165) is 34.7 Å². The summed E-state index contributed by atoms with van der Waals surface area (Å²) in [5.41, 5.74) is 4.67. The lowest BCUT2D eigenvalue weighted by molar-refractivity contribution is 0.0697. The molecule has 3 aromatic carbocycles. The van der Waals surface area contributed by atoms with Gasteiger partial charge < -0.3 is 14.7 Å². The average molecular weight is 375 g/mol. The van der Waals surface area contributed by atoms with Crippen LogP contribution in [-0.2, 0) is 13.2 Å². The molecular formula is C24H25NO3. The van der Waals surface area contributed by atoms with Crippen molar-refractivity contribution in [1.82, 2.24) is 0 Å². The fraction of sp³-hybridized carbons (Fsp3) is 0.208. The summed E-state index contributed by atoms with van der Waals surface area (Å²) in [5, 5.41) is 9.09. The molecule has 3 aromatic rings. The molecule has 4 heteroatoms. The van der Waals surface area contributed by atoms with Crippen LogP contribution in [0.25, 0.3) is 0 Å². The van der Waals surface area contributed by atoms with Gasteiger partial charge in [0.1, 0.15) is 12.4 Å². The molecule has 0 bridgehead atoms. The van der Waals surface area contributed by atoms with E-state index >= 15 is 0 Å². The van der Waals surface area contributed by atoms with Gasteiger partial charge in [-0.25, -0.2) is 4.79 Å². The van der Waals surface area contributed by atoms with Gasteiger partial charge in [0, 0.05) is 24.3 Å². The Hall–Kier alpha value is -3.27. The zero-order valence-electron chi connectivity index (χ0n) is 16.3.